The largest absolute Gasteiger partial charge is 0.398 e. The molecular weight excluding hydrogens is 281 g/mol. The molecule has 0 aromatic heterocycles. The van der Waals surface area contributed by atoms with E-state index in [0.717, 1.165) is 5.56 Å². The minimum absolute atomic E-state index is 0.339. The van der Waals surface area contributed by atoms with Crippen LogP contribution in [0.5, 0.6) is 0 Å². The summed E-state index contributed by atoms with van der Waals surface area (Å²) in [5, 5.41) is 2.37. The summed E-state index contributed by atoms with van der Waals surface area (Å²) in [5.41, 5.74) is 7.19. The smallest absolute Gasteiger partial charge is 0.261 e. The molecule has 2 aromatic carbocycles. The number of nitrogens with two attached hydrogens (primary N) is 1. The van der Waals surface area contributed by atoms with Crippen molar-refractivity contribution in [2.45, 2.75) is 13.8 Å². The molecule has 0 aliphatic carbocycles. The third-order valence-electron chi connectivity index (χ3n) is 3.10. The molecule has 2 rings (SSSR count). The Morgan fingerprint density at radius 1 is 1.00 bits per heavy atom. The first kappa shape index (κ1) is 14.9. The number of anilines is 2. The summed E-state index contributed by atoms with van der Waals surface area (Å²) >= 11 is 0. The minimum Gasteiger partial charge on any atom is -0.398 e. The highest BCUT2D eigenvalue weighted by molar-refractivity contribution is 6.05. The molecule has 0 fully saturated rings. The maximum absolute atomic E-state index is 13.5. The predicted octanol–water partition coefficient (Wildman–Crippen LogP) is 3.56. The monoisotopic (exact) mass is 294 g/mol. The van der Waals surface area contributed by atoms with Crippen molar-refractivity contribution in [3.05, 3.63) is 58.4 Å². The molecule has 0 aliphatic heterocycles. The van der Waals surface area contributed by atoms with E-state index in [-0.39, 0.29) is 0 Å². The highest BCUT2D eigenvalue weighted by Crippen LogP contribution is 2.24. The van der Waals surface area contributed by atoms with Gasteiger partial charge < -0.3 is 11.1 Å². The Labute approximate surface area is 119 Å². The van der Waals surface area contributed by atoms with Gasteiger partial charge in [0, 0.05) is 23.5 Å². The Kier molecular flexibility index (Phi) is 3.88. The number of halogens is 3. The number of hydrogen-bond donors (Lipinski definition) is 2. The number of nitrogens with one attached hydrogen (secondary N) is 1. The lowest BCUT2D eigenvalue weighted by molar-refractivity contribution is 0.101. The van der Waals surface area contributed by atoms with Crippen molar-refractivity contribution in [1.82, 2.24) is 0 Å². The van der Waals surface area contributed by atoms with E-state index in [2.05, 4.69) is 5.32 Å². The van der Waals surface area contributed by atoms with Gasteiger partial charge in [-0.05, 0) is 31.0 Å². The molecule has 0 unspecified atom stereocenters. The molecule has 21 heavy (non-hydrogen) atoms. The molecule has 3 N–H and O–H groups in total. The van der Waals surface area contributed by atoms with E-state index < -0.39 is 28.9 Å². The normalized spacial score (nSPS) is 10.5. The Morgan fingerprint density at radius 2 is 1.57 bits per heavy atom. The molecule has 3 nitrogen and oxygen atoms in total. The second kappa shape index (κ2) is 5.47. The Bertz CT molecular complexity index is 706. The summed E-state index contributed by atoms with van der Waals surface area (Å²) in [7, 11) is 0. The van der Waals surface area contributed by atoms with Crippen molar-refractivity contribution in [1.29, 1.82) is 0 Å². The van der Waals surface area contributed by atoms with Crippen molar-refractivity contribution in [2.24, 2.45) is 0 Å². The molecule has 0 heterocycles. The SMILES string of the molecule is Cc1cc(C)c(NC(=O)c2c(F)cc(F)cc2F)cc1N. The van der Waals surface area contributed by atoms with Crippen molar-refractivity contribution in [3.8, 4) is 0 Å². The molecule has 0 atom stereocenters. The topological polar surface area (TPSA) is 55.1 Å². The Balaban J connectivity index is 2.37. The zero-order valence-corrected chi connectivity index (χ0v) is 11.4. The Morgan fingerprint density at radius 3 is 2.14 bits per heavy atom. The van der Waals surface area contributed by atoms with Gasteiger partial charge in [0.15, 0.2) is 0 Å². The van der Waals surface area contributed by atoms with E-state index in [4.69, 9.17) is 5.73 Å². The number of benzene rings is 2. The lowest BCUT2D eigenvalue weighted by Gasteiger charge is -2.12. The van der Waals surface area contributed by atoms with Crippen LogP contribution in [0, 0.1) is 31.3 Å². The third-order valence-corrected chi connectivity index (χ3v) is 3.10. The minimum atomic E-state index is -1.26. The van der Waals surface area contributed by atoms with Crippen LogP contribution in [-0.2, 0) is 0 Å². The van der Waals surface area contributed by atoms with E-state index in [1.807, 2.05) is 0 Å². The maximum Gasteiger partial charge on any atom is 0.261 e. The van der Waals surface area contributed by atoms with Gasteiger partial charge in [-0.3, -0.25) is 4.79 Å². The van der Waals surface area contributed by atoms with E-state index in [0.29, 0.717) is 29.1 Å². The van der Waals surface area contributed by atoms with E-state index >= 15 is 0 Å². The average molecular weight is 294 g/mol. The van der Waals surface area contributed by atoms with E-state index in [9.17, 15) is 18.0 Å². The predicted molar refractivity (Wildman–Crippen MR) is 74.6 cm³/mol. The molecule has 0 saturated carbocycles. The van der Waals surface area contributed by atoms with Crippen LogP contribution in [0.2, 0.25) is 0 Å². The van der Waals surface area contributed by atoms with Gasteiger partial charge >= 0.3 is 0 Å². The molecule has 0 radical (unpaired) electrons. The first-order chi connectivity index (χ1) is 9.79. The van der Waals surface area contributed by atoms with Crippen molar-refractivity contribution in [3.63, 3.8) is 0 Å². The first-order valence-electron chi connectivity index (χ1n) is 6.12. The van der Waals surface area contributed by atoms with Crippen molar-refractivity contribution >= 4 is 17.3 Å². The maximum atomic E-state index is 13.5. The lowest BCUT2D eigenvalue weighted by atomic mass is 10.1. The first-order valence-corrected chi connectivity index (χ1v) is 6.12. The van der Waals surface area contributed by atoms with E-state index in [1.54, 1.807) is 19.9 Å². The Hall–Kier alpha value is -2.50. The molecule has 2 aromatic rings. The number of nitrogen functional groups attached to an aromatic ring is 1. The van der Waals surface area contributed by atoms with Gasteiger partial charge in [-0.2, -0.15) is 0 Å². The highest BCUT2D eigenvalue weighted by Gasteiger charge is 2.19. The molecule has 1 amide bonds. The second-order valence-corrected chi connectivity index (χ2v) is 4.72. The summed E-state index contributed by atoms with van der Waals surface area (Å²) in [6.45, 7) is 3.52. The van der Waals surface area contributed by atoms with Crippen LogP contribution in [0.4, 0.5) is 24.5 Å². The number of rotatable bonds is 2. The van der Waals surface area contributed by atoms with Gasteiger partial charge in [0.1, 0.15) is 23.0 Å². The number of carbonyl (C=O) groups is 1. The van der Waals surface area contributed by atoms with E-state index in [1.165, 1.54) is 6.07 Å². The standard InChI is InChI=1S/C15H13F3N2O/c1-7-3-8(2)13(6-12(7)19)20-15(21)14-10(17)4-9(16)5-11(14)18/h3-6H,19H2,1-2H3,(H,20,21). The number of hydrogen-bond acceptors (Lipinski definition) is 2. The van der Waals surface area contributed by atoms with Crippen LogP contribution in [0.15, 0.2) is 24.3 Å². The van der Waals surface area contributed by atoms with Gasteiger partial charge in [-0.25, -0.2) is 13.2 Å². The molecule has 6 heteroatoms. The summed E-state index contributed by atoms with van der Waals surface area (Å²) in [6.07, 6.45) is 0. The van der Waals surface area contributed by atoms with Gasteiger partial charge in [0.2, 0.25) is 0 Å². The molecule has 110 valence electrons. The fourth-order valence-electron chi connectivity index (χ4n) is 1.95. The molecule has 0 saturated heterocycles. The highest BCUT2D eigenvalue weighted by atomic mass is 19.1. The second-order valence-electron chi connectivity index (χ2n) is 4.72. The van der Waals surface area contributed by atoms with Crippen molar-refractivity contribution < 1.29 is 18.0 Å². The molecule has 0 bridgehead atoms. The van der Waals surface area contributed by atoms with Gasteiger partial charge in [-0.1, -0.05) is 6.07 Å². The fraction of sp³-hybridized carbons (Fsp3) is 0.133. The van der Waals surface area contributed by atoms with Crippen LogP contribution < -0.4 is 11.1 Å². The molecule has 0 spiro atoms. The van der Waals surface area contributed by atoms with Crippen LogP contribution in [0.3, 0.4) is 0 Å². The molecular formula is C15H13F3N2O. The van der Waals surface area contributed by atoms with Crippen LogP contribution in [-0.4, -0.2) is 5.91 Å². The summed E-state index contributed by atoms with van der Waals surface area (Å²) in [6, 6.07) is 4.15. The quantitative estimate of drug-likeness (QED) is 0.832. The lowest BCUT2D eigenvalue weighted by Crippen LogP contribution is -2.17. The third kappa shape index (κ3) is 2.99. The van der Waals surface area contributed by atoms with Crippen LogP contribution in [0.25, 0.3) is 0 Å². The number of carbonyl (C=O) groups excluding carboxylic acids is 1. The average Bonchev–Trinajstić information content (AvgIpc) is 2.34. The fourth-order valence-corrected chi connectivity index (χ4v) is 1.95. The summed E-state index contributed by atoms with van der Waals surface area (Å²) < 4.78 is 39.9. The van der Waals surface area contributed by atoms with Crippen LogP contribution >= 0.6 is 0 Å². The van der Waals surface area contributed by atoms with Gasteiger partial charge in [-0.15, -0.1) is 0 Å². The zero-order valence-electron chi connectivity index (χ0n) is 11.4. The van der Waals surface area contributed by atoms with Crippen LogP contribution in [0.1, 0.15) is 21.5 Å². The summed E-state index contributed by atoms with van der Waals surface area (Å²) in [5.74, 6) is -4.61. The number of amides is 1. The zero-order chi connectivity index (χ0) is 15.7. The van der Waals surface area contributed by atoms with Crippen molar-refractivity contribution in [2.75, 3.05) is 11.1 Å². The van der Waals surface area contributed by atoms with Gasteiger partial charge in [0.05, 0.1) is 0 Å². The molecule has 0 aliphatic rings. The van der Waals surface area contributed by atoms with Gasteiger partial charge in [0.25, 0.3) is 5.91 Å². The number of aryl methyl sites for hydroxylation is 2. The summed E-state index contributed by atoms with van der Waals surface area (Å²) in [4.78, 5) is 12.0.